The van der Waals surface area contributed by atoms with E-state index in [2.05, 4.69) is 5.32 Å². The molecule has 1 aliphatic carbocycles. The molecule has 1 fully saturated rings. The van der Waals surface area contributed by atoms with Gasteiger partial charge < -0.3 is 15.5 Å². The average molecular weight is 249 g/mol. The monoisotopic (exact) mass is 249 g/mol. The Balaban J connectivity index is 1.92. The van der Waals surface area contributed by atoms with Gasteiger partial charge in [0.25, 0.3) is 5.91 Å². The number of carbonyl (C=O) groups is 1. The van der Waals surface area contributed by atoms with Crippen LogP contribution in [0.4, 0.5) is 0 Å². The molecular weight excluding hydrogens is 230 g/mol. The SMILES string of the molecule is O=C(NCC1(O)CCCCC1)c1cccc(O)c1. The third kappa shape index (κ3) is 3.23. The molecule has 1 amide bonds. The maximum atomic E-state index is 11.8. The van der Waals surface area contributed by atoms with E-state index in [4.69, 9.17) is 0 Å². The first-order valence-electron chi connectivity index (χ1n) is 6.39. The van der Waals surface area contributed by atoms with E-state index >= 15 is 0 Å². The lowest BCUT2D eigenvalue weighted by molar-refractivity contribution is 0.00526. The number of hydrogen-bond donors (Lipinski definition) is 3. The summed E-state index contributed by atoms with van der Waals surface area (Å²) >= 11 is 0. The number of carbonyl (C=O) groups excluding carboxylic acids is 1. The van der Waals surface area contributed by atoms with Gasteiger partial charge in [-0.1, -0.05) is 25.3 Å². The summed E-state index contributed by atoms with van der Waals surface area (Å²) in [7, 11) is 0. The van der Waals surface area contributed by atoms with Gasteiger partial charge in [-0.15, -0.1) is 0 Å². The number of aliphatic hydroxyl groups is 1. The first-order chi connectivity index (χ1) is 8.59. The van der Waals surface area contributed by atoms with Gasteiger partial charge in [0, 0.05) is 12.1 Å². The molecule has 0 radical (unpaired) electrons. The minimum Gasteiger partial charge on any atom is -0.508 e. The summed E-state index contributed by atoms with van der Waals surface area (Å²) in [5.74, 6) is -0.191. The van der Waals surface area contributed by atoms with Crippen LogP contribution in [-0.4, -0.2) is 28.3 Å². The Morgan fingerprint density at radius 3 is 2.67 bits per heavy atom. The highest BCUT2D eigenvalue weighted by molar-refractivity contribution is 5.94. The molecule has 0 saturated heterocycles. The standard InChI is InChI=1S/C14H19NO3/c16-12-6-4-5-11(9-12)13(17)15-10-14(18)7-2-1-3-8-14/h4-6,9,16,18H,1-3,7-8,10H2,(H,15,17). The van der Waals surface area contributed by atoms with Gasteiger partial charge in [-0.2, -0.15) is 0 Å². The predicted octanol–water partition coefficient (Wildman–Crippen LogP) is 1.82. The molecule has 0 bridgehead atoms. The Labute approximate surface area is 107 Å². The first kappa shape index (κ1) is 12.9. The third-order valence-corrected chi connectivity index (χ3v) is 3.47. The lowest BCUT2D eigenvalue weighted by atomic mass is 9.85. The number of amides is 1. The van der Waals surface area contributed by atoms with Crippen LogP contribution >= 0.6 is 0 Å². The van der Waals surface area contributed by atoms with Crippen molar-refractivity contribution < 1.29 is 15.0 Å². The molecule has 0 atom stereocenters. The summed E-state index contributed by atoms with van der Waals surface area (Å²) in [6.45, 7) is 0.279. The molecule has 1 aromatic rings. The number of benzene rings is 1. The predicted molar refractivity (Wildman–Crippen MR) is 68.5 cm³/mol. The molecular formula is C14H19NO3. The quantitative estimate of drug-likeness (QED) is 0.765. The van der Waals surface area contributed by atoms with Gasteiger partial charge in [0.15, 0.2) is 0 Å². The molecule has 18 heavy (non-hydrogen) atoms. The van der Waals surface area contributed by atoms with Crippen molar-refractivity contribution in [1.82, 2.24) is 5.32 Å². The van der Waals surface area contributed by atoms with Crippen molar-refractivity contribution in [3.8, 4) is 5.75 Å². The van der Waals surface area contributed by atoms with Crippen molar-refractivity contribution >= 4 is 5.91 Å². The molecule has 3 N–H and O–H groups in total. The van der Waals surface area contributed by atoms with Crippen LogP contribution in [-0.2, 0) is 0 Å². The summed E-state index contributed by atoms with van der Waals surface area (Å²) in [5, 5.41) is 22.3. The van der Waals surface area contributed by atoms with Crippen molar-refractivity contribution in [2.45, 2.75) is 37.7 Å². The van der Waals surface area contributed by atoms with Crippen molar-refractivity contribution in [3.63, 3.8) is 0 Å². The normalized spacial score (nSPS) is 18.3. The lowest BCUT2D eigenvalue weighted by Crippen LogP contribution is -2.44. The molecule has 4 nitrogen and oxygen atoms in total. The molecule has 98 valence electrons. The van der Waals surface area contributed by atoms with Gasteiger partial charge >= 0.3 is 0 Å². The molecule has 0 aromatic heterocycles. The molecule has 2 rings (SSSR count). The Morgan fingerprint density at radius 2 is 2.00 bits per heavy atom. The number of aromatic hydroxyl groups is 1. The van der Waals surface area contributed by atoms with Gasteiger partial charge in [0.05, 0.1) is 5.60 Å². The zero-order valence-electron chi connectivity index (χ0n) is 10.4. The minimum absolute atomic E-state index is 0.0685. The Hall–Kier alpha value is -1.55. The summed E-state index contributed by atoms with van der Waals surface area (Å²) in [6, 6.07) is 6.20. The lowest BCUT2D eigenvalue weighted by Gasteiger charge is -2.32. The van der Waals surface area contributed by atoms with Crippen LogP contribution in [0.3, 0.4) is 0 Å². The first-order valence-corrected chi connectivity index (χ1v) is 6.39. The summed E-state index contributed by atoms with van der Waals surface area (Å²) in [6.07, 6.45) is 4.67. The Kier molecular flexibility index (Phi) is 3.87. The van der Waals surface area contributed by atoms with Crippen LogP contribution < -0.4 is 5.32 Å². The van der Waals surface area contributed by atoms with Gasteiger partial charge in [0.2, 0.25) is 0 Å². The van der Waals surface area contributed by atoms with Crippen molar-refractivity contribution in [2.75, 3.05) is 6.54 Å². The highest BCUT2D eigenvalue weighted by atomic mass is 16.3. The average Bonchev–Trinajstić information content (AvgIpc) is 2.37. The molecule has 0 aliphatic heterocycles. The summed E-state index contributed by atoms with van der Waals surface area (Å²) < 4.78 is 0. The van der Waals surface area contributed by atoms with E-state index in [1.165, 1.54) is 12.1 Å². The second-order valence-electron chi connectivity index (χ2n) is 5.02. The van der Waals surface area contributed by atoms with Crippen LogP contribution in [0.1, 0.15) is 42.5 Å². The second kappa shape index (κ2) is 5.40. The van der Waals surface area contributed by atoms with E-state index in [0.29, 0.717) is 5.56 Å². The molecule has 4 heteroatoms. The molecule has 0 heterocycles. The molecule has 1 aliphatic rings. The van der Waals surface area contributed by atoms with Crippen molar-refractivity contribution in [3.05, 3.63) is 29.8 Å². The van der Waals surface area contributed by atoms with E-state index in [-0.39, 0.29) is 18.2 Å². The topological polar surface area (TPSA) is 69.6 Å². The molecule has 1 aromatic carbocycles. The van der Waals surface area contributed by atoms with E-state index in [0.717, 1.165) is 32.1 Å². The number of hydrogen-bond acceptors (Lipinski definition) is 3. The number of nitrogens with one attached hydrogen (secondary N) is 1. The highest BCUT2D eigenvalue weighted by Crippen LogP contribution is 2.27. The Morgan fingerprint density at radius 1 is 1.28 bits per heavy atom. The van der Waals surface area contributed by atoms with Gasteiger partial charge in [-0.25, -0.2) is 0 Å². The molecule has 0 spiro atoms. The maximum absolute atomic E-state index is 11.8. The molecule has 1 saturated carbocycles. The second-order valence-corrected chi connectivity index (χ2v) is 5.02. The fourth-order valence-corrected chi connectivity index (χ4v) is 2.38. The van der Waals surface area contributed by atoms with Crippen molar-refractivity contribution in [2.24, 2.45) is 0 Å². The van der Waals surface area contributed by atoms with E-state index in [1.807, 2.05) is 0 Å². The van der Waals surface area contributed by atoms with Crippen LogP contribution in [0.25, 0.3) is 0 Å². The fourth-order valence-electron chi connectivity index (χ4n) is 2.38. The summed E-state index contributed by atoms with van der Waals surface area (Å²) in [4.78, 5) is 11.8. The number of phenols is 1. The van der Waals surface area contributed by atoms with Crippen LogP contribution in [0, 0.1) is 0 Å². The zero-order chi connectivity index (χ0) is 13.0. The minimum atomic E-state index is -0.759. The summed E-state index contributed by atoms with van der Waals surface area (Å²) in [5.41, 5.74) is -0.348. The van der Waals surface area contributed by atoms with E-state index < -0.39 is 5.60 Å². The van der Waals surface area contributed by atoms with E-state index in [1.54, 1.807) is 12.1 Å². The molecule has 0 unspecified atom stereocenters. The largest absolute Gasteiger partial charge is 0.508 e. The van der Waals surface area contributed by atoms with Gasteiger partial charge in [-0.3, -0.25) is 4.79 Å². The van der Waals surface area contributed by atoms with Crippen LogP contribution in [0.15, 0.2) is 24.3 Å². The number of rotatable bonds is 3. The van der Waals surface area contributed by atoms with E-state index in [9.17, 15) is 15.0 Å². The highest BCUT2D eigenvalue weighted by Gasteiger charge is 2.29. The maximum Gasteiger partial charge on any atom is 0.251 e. The number of phenolic OH excluding ortho intramolecular Hbond substituents is 1. The fraction of sp³-hybridized carbons (Fsp3) is 0.500. The zero-order valence-corrected chi connectivity index (χ0v) is 10.4. The van der Waals surface area contributed by atoms with Crippen LogP contribution in [0.2, 0.25) is 0 Å². The third-order valence-electron chi connectivity index (χ3n) is 3.47. The van der Waals surface area contributed by atoms with Gasteiger partial charge in [0.1, 0.15) is 5.75 Å². The van der Waals surface area contributed by atoms with Crippen LogP contribution in [0.5, 0.6) is 5.75 Å². The Bertz CT molecular complexity index is 425. The van der Waals surface area contributed by atoms with Gasteiger partial charge in [-0.05, 0) is 31.0 Å². The van der Waals surface area contributed by atoms with Crippen molar-refractivity contribution in [1.29, 1.82) is 0 Å². The smallest absolute Gasteiger partial charge is 0.251 e.